The molecule has 0 aromatic heterocycles. The van der Waals surface area contributed by atoms with Gasteiger partial charge in [-0.25, -0.2) is 0 Å². The van der Waals surface area contributed by atoms with Crippen LogP contribution < -0.4 is 0 Å². The third-order valence-corrected chi connectivity index (χ3v) is 3.08. The summed E-state index contributed by atoms with van der Waals surface area (Å²) in [6.45, 7) is 1.76. The van der Waals surface area contributed by atoms with Gasteiger partial charge in [-0.05, 0) is 25.7 Å². The fourth-order valence-electron chi connectivity index (χ4n) is 2.09. The molecule has 0 heterocycles. The van der Waals surface area contributed by atoms with Crippen molar-refractivity contribution in [2.24, 2.45) is 5.41 Å². The van der Waals surface area contributed by atoms with Crippen LogP contribution in [0.15, 0.2) is 0 Å². The van der Waals surface area contributed by atoms with Crippen molar-refractivity contribution >= 4 is 5.78 Å². The average Bonchev–Trinajstić information content (AvgIpc) is 2.66. The van der Waals surface area contributed by atoms with Crippen molar-refractivity contribution < 1.29 is 14.3 Å². The molecule has 0 bridgehead atoms. The Hall–Kier alpha value is -0.920. The van der Waals surface area contributed by atoms with Gasteiger partial charge >= 0.3 is 0 Å². The third kappa shape index (κ3) is 3.29. The largest absolute Gasteiger partial charge is 0.382 e. The molecular weight excluding hydrogens is 206 g/mol. The van der Waals surface area contributed by atoms with Gasteiger partial charge in [0.2, 0.25) is 0 Å². The number of ether oxygens (including phenoxy) is 2. The van der Waals surface area contributed by atoms with Crippen molar-refractivity contribution in [2.75, 3.05) is 26.9 Å². The summed E-state index contributed by atoms with van der Waals surface area (Å²) in [6, 6.07) is 2.20. The summed E-state index contributed by atoms with van der Waals surface area (Å²) in [6.07, 6.45) is 3.55. The Morgan fingerprint density at radius 2 is 2.25 bits per heavy atom. The molecule has 1 fully saturated rings. The molecule has 0 aliphatic heterocycles. The van der Waals surface area contributed by atoms with Crippen molar-refractivity contribution in [1.29, 1.82) is 5.26 Å². The van der Waals surface area contributed by atoms with Gasteiger partial charge in [-0.2, -0.15) is 5.26 Å². The van der Waals surface area contributed by atoms with Gasteiger partial charge in [-0.15, -0.1) is 0 Å². The van der Waals surface area contributed by atoms with Crippen LogP contribution in [0.25, 0.3) is 0 Å². The molecule has 1 aliphatic rings. The van der Waals surface area contributed by atoms with E-state index in [1.165, 1.54) is 0 Å². The minimum Gasteiger partial charge on any atom is -0.382 e. The molecule has 0 aromatic carbocycles. The predicted octanol–water partition coefficient (Wildman–Crippen LogP) is 1.69. The molecule has 0 saturated heterocycles. The molecule has 1 atom stereocenters. The molecule has 4 heteroatoms. The smallest absolute Gasteiger partial charge is 0.153 e. The maximum absolute atomic E-state index is 11.6. The van der Waals surface area contributed by atoms with E-state index in [0.717, 1.165) is 19.3 Å². The highest BCUT2D eigenvalue weighted by Gasteiger charge is 2.41. The van der Waals surface area contributed by atoms with Crippen molar-refractivity contribution in [3.05, 3.63) is 0 Å². The van der Waals surface area contributed by atoms with Gasteiger partial charge in [0, 0.05) is 20.1 Å². The van der Waals surface area contributed by atoms with E-state index in [2.05, 4.69) is 6.07 Å². The normalized spacial score (nSPS) is 24.6. The number of ketones is 1. The fraction of sp³-hybridized carbons (Fsp3) is 0.833. The van der Waals surface area contributed by atoms with Gasteiger partial charge in [0.25, 0.3) is 0 Å². The Bertz CT molecular complexity index is 272. The summed E-state index contributed by atoms with van der Waals surface area (Å²) < 4.78 is 10.2. The lowest BCUT2D eigenvalue weighted by Crippen LogP contribution is -2.24. The number of hydrogen-bond acceptors (Lipinski definition) is 4. The van der Waals surface area contributed by atoms with Gasteiger partial charge in [-0.3, -0.25) is 4.79 Å². The van der Waals surface area contributed by atoms with E-state index in [1.807, 2.05) is 0 Å². The number of Topliss-reactive ketones (excluding diaryl/α,β-unsaturated/α-hetero) is 1. The molecular formula is C12H19NO3. The molecule has 0 aromatic rings. The zero-order chi connectivity index (χ0) is 11.9. The number of nitrogens with zero attached hydrogens (tertiary/aromatic N) is 1. The molecule has 0 amide bonds. The van der Waals surface area contributed by atoms with Crippen LogP contribution in [0.1, 0.15) is 32.1 Å². The number of hydrogen-bond donors (Lipinski definition) is 0. The first kappa shape index (κ1) is 13.1. The molecule has 0 spiro atoms. The Balaban J connectivity index is 2.20. The minimum atomic E-state index is -0.704. The second-order valence-corrected chi connectivity index (χ2v) is 4.18. The van der Waals surface area contributed by atoms with Crippen LogP contribution in [0.4, 0.5) is 0 Å². The first-order chi connectivity index (χ1) is 7.75. The highest BCUT2D eigenvalue weighted by Crippen LogP contribution is 2.38. The van der Waals surface area contributed by atoms with Gasteiger partial charge < -0.3 is 9.47 Å². The topological polar surface area (TPSA) is 59.3 Å². The second-order valence-electron chi connectivity index (χ2n) is 4.18. The van der Waals surface area contributed by atoms with Crippen molar-refractivity contribution in [1.82, 2.24) is 0 Å². The van der Waals surface area contributed by atoms with Crippen LogP contribution in [-0.4, -0.2) is 32.7 Å². The molecule has 1 unspecified atom stereocenters. The van der Waals surface area contributed by atoms with E-state index in [1.54, 1.807) is 7.11 Å². The molecule has 0 N–H and O–H groups in total. The second kappa shape index (κ2) is 6.62. The van der Waals surface area contributed by atoms with Crippen LogP contribution in [0, 0.1) is 16.7 Å². The van der Waals surface area contributed by atoms with Crippen LogP contribution in [0.5, 0.6) is 0 Å². The molecule has 1 saturated carbocycles. The quantitative estimate of drug-likeness (QED) is 0.619. The Morgan fingerprint density at radius 3 is 2.81 bits per heavy atom. The summed E-state index contributed by atoms with van der Waals surface area (Å²) >= 11 is 0. The van der Waals surface area contributed by atoms with E-state index >= 15 is 0 Å². The minimum absolute atomic E-state index is 0.117. The van der Waals surface area contributed by atoms with E-state index < -0.39 is 5.41 Å². The molecule has 0 radical (unpaired) electrons. The lowest BCUT2D eigenvalue weighted by Gasteiger charge is -2.17. The highest BCUT2D eigenvalue weighted by molar-refractivity contribution is 5.89. The number of rotatable bonds is 7. The van der Waals surface area contributed by atoms with Crippen molar-refractivity contribution in [2.45, 2.75) is 32.1 Å². The first-order valence-electron chi connectivity index (χ1n) is 5.76. The molecule has 1 rings (SSSR count). The lowest BCUT2D eigenvalue weighted by molar-refractivity contribution is -0.123. The number of carbonyl (C=O) groups excluding carboxylic acids is 1. The molecule has 4 nitrogen and oxygen atoms in total. The summed E-state index contributed by atoms with van der Waals surface area (Å²) in [5.74, 6) is 0.117. The van der Waals surface area contributed by atoms with E-state index in [4.69, 9.17) is 14.7 Å². The summed E-state index contributed by atoms with van der Waals surface area (Å²) in [7, 11) is 1.63. The Morgan fingerprint density at radius 1 is 1.44 bits per heavy atom. The first-order valence-corrected chi connectivity index (χ1v) is 5.76. The zero-order valence-corrected chi connectivity index (χ0v) is 9.83. The van der Waals surface area contributed by atoms with Gasteiger partial charge in [-0.1, -0.05) is 0 Å². The van der Waals surface area contributed by atoms with E-state index in [9.17, 15) is 4.79 Å². The Kier molecular flexibility index (Phi) is 5.44. The highest BCUT2D eigenvalue weighted by atomic mass is 16.5. The maximum atomic E-state index is 11.6. The van der Waals surface area contributed by atoms with Crippen LogP contribution in [-0.2, 0) is 14.3 Å². The fourth-order valence-corrected chi connectivity index (χ4v) is 2.09. The Labute approximate surface area is 96.5 Å². The van der Waals surface area contributed by atoms with E-state index in [0.29, 0.717) is 32.7 Å². The maximum Gasteiger partial charge on any atom is 0.153 e. The van der Waals surface area contributed by atoms with Crippen molar-refractivity contribution in [3.8, 4) is 6.07 Å². The number of nitriles is 1. The average molecular weight is 225 g/mol. The monoisotopic (exact) mass is 225 g/mol. The number of methoxy groups -OCH3 is 1. The summed E-state index contributed by atoms with van der Waals surface area (Å²) in [4.78, 5) is 11.6. The van der Waals surface area contributed by atoms with Crippen LogP contribution in [0.2, 0.25) is 0 Å². The molecule has 1 aliphatic carbocycles. The van der Waals surface area contributed by atoms with Gasteiger partial charge in [0.05, 0.1) is 19.3 Å². The third-order valence-electron chi connectivity index (χ3n) is 3.08. The van der Waals surface area contributed by atoms with Crippen molar-refractivity contribution in [3.63, 3.8) is 0 Å². The molecule has 16 heavy (non-hydrogen) atoms. The molecule has 90 valence electrons. The van der Waals surface area contributed by atoms with Crippen LogP contribution in [0.3, 0.4) is 0 Å². The van der Waals surface area contributed by atoms with Gasteiger partial charge in [0.15, 0.2) is 5.78 Å². The van der Waals surface area contributed by atoms with E-state index in [-0.39, 0.29) is 5.78 Å². The zero-order valence-electron chi connectivity index (χ0n) is 9.83. The number of carbonyl (C=O) groups is 1. The SMILES string of the molecule is COCCOCCCC1(C#N)CCCC1=O. The van der Waals surface area contributed by atoms with Crippen LogP contribution >= 0.6 is 0 Å². The lowest BCUT2D eigenvalue weighted by atomic mass is 9.82. The van der Waals surface area contributed by atoms with Gasteiger partial charge in [0.1, 0.15) is 5.41 Å². The standard InChI is InChI=1S/C12H19NO3/c1-15-8-9-16-7-3-6-12(10-13)5-2-4-11(12)14/h2-9H2,1H3. The summed E-state index contributed by atoms with van der Waals surface area (Å²) in [5, 5.41) is 9.10. The predicted molar refractivity (Wildman–Crippen MR) is 58.8 cm³/mol. The summed E-state index contributed by atoms with van der Waals surface area (Å²) in [5.41, 5.74) is -0.704.